The Morgan fingerprint density at radius 3 is 2.83 bits per heavy atom. The molecule has 0 spiro atoms. The number of H-pyrrole nitrogens is 1. The molecule has 0 aliphatic rings. The third-order valence-electron chi connectivity index (χ3n) is 6.05. The minimum atomic E-state index is 0.618. The molecule has 0 radical (unpaired) electrons. The number of fused-ring (bicyclic) bond motifs is 2. The van der Waals surface area contributed by atoms with Gasteiger partial charge in [-0.05, 0) is 61.9 Å². The van der Waals surface area contributed by atoms with Crippen LogP contribution in [-0.2, 0) is 13.0 Å². The number of rotatable bonds is 7. The number of nitrogens with zero attached hydrogens (tertiary/aromatic N) is 6. The molecule has 35 heavy (non-hydrogen) atoms. The molecule has 2 N–H and O–H groups in total. The lowest BCUT2D eigenvalue weighted by molar-refractivity contribution is 0.666. The Kier molecular flexibility index (Phi) is 5.48. The molecule has 5 aromatic heterocycles. The molecule has 8 nitrogen and oxygen atoms in total. The zero-order valence-corrected chi connectivity index (χ0v) is 19.3. The molecule has 0 fully saturated rings. The second kappa shape index (κ2) is 9.08. The molecule has 0 amide bonds. The van der Waals surface area contributed by atoms with E-state index in [1.54, 1.807) is 10.8 Å². The van der Waals surface area contributed by atoms with E-state index in [0.717, 1.165) is 58.3 Å². The number of hydrogen-bond acceptors (Lipinski definition) is 6. The molecule has 0 atom stereocenters. The Balaban J connectivity index is 1.25. The number of aromatic amines is 1. The smallest absolute Gasteiger partial charge is 0.155 e. The molecule has 6 rings (SSSR count). The van der Waals surface area contributed by atoms with E-state index in [2.05, 4.69) is 43.6 Å². The number of hydrogen-bond donors (Lipinski definition) is 2. The van der Waals surface area contributed by atoms with Crippen LogP contribution in [0.1, 0.15) is 17.1 Å². The normalized spacial score (nSPS) is 11.5. The van der Waals surface area contributed by atoms with Gasteiger partial charge in [-0.1, -0.05) is 24.3 Å². The lowest BCUT2D eigenvalue weighted by atomic mass is 10.1. The minimum Gasteiger partial charge on any atom is -0.340 e. The van der Waals surface area contributed by atoms with Crippen LogP contribution in [0.4, 0.5) is 0 Å². The molecule has 5 heterocycles. The van der Waals surface area contributed by atoms with E-state index in [1.807, 2.05) is 61.8 Å². The number of imidazole rings is 1. The average Bonchev–Trinajstić information content (AvgIpc) is 3.53. The third kappa shape index (κ3) is 4.27. The van der Waals surface area contributed by atoms with Gasteiger partial charge in [-0.3, -0.25) is 9.97 Å². The van der Waals surface area contributed by atoms with Crippen molar-refractivity contribution in [3.05, 3.63) is 96.5 Å². The van der Waals surface area contributed by atoms with Gasteiger partial charge in [0, 0.05) is 29.0 Å². The minimum absolute atomic E-state index is 0.618. The molecule has 172 valence electrons. The van der Waals surface area contributed by atoms with Crippen molar-refractivity contribution < 1.29 is 0 Å². The number of aromatic nitrogens is 7. The Hall–Kier alpha value is -4.43. The lowest BCUT2D eigenvalue weighted by Gasteiger charge is -2.06. The van der Waals surface area contributed by atoms with Crippen molar-refractivity contribution in [2.45, 2.75) is 19.9 Å². The van der Waals surface area contributed by atoms with E-state index in [4.69, 9.17) is 9.97 Å². The number of para-hydroxylation sites is 1. The first-order valence-corrected chi connectivity index (χ1v) is 11.6. The van der Waals surface area contributed by atoms with Gasteiger partial charge in [0.25, 0.3) is 0 Å². The standard InChI is InChI=1S/C27H24N8/c1-18-5-4-8-23(32-18)27-26(20-9-10-25-30-17-31-35(25)16-20)33-24(34-27)15-28-13-11-19-12-14-29-22-7-3-2-6-21(19)22/h2-10,12,14,16-17,28H,11,13,15H2,1H3,(H,33,34). The second-order valence-corrected chi connectivity index (χ2v) is 8.47. The Labute approximate surface area is 202 Å². The monoisotopic (exact) mass is 460 g/mol. The fraction of sp³-hybridized carbons (Fsp3) is 0.148. The Morgan fingerprint density at radius 1 is 0.943 bits per heavy atom. The van der Waals surface area contributed by atoms with Gasteiger partial charge in [0.1, 0.15) is 17.8 Å². The van der Waals surface area contributed by atoms with Crippen LogP contribution in [0.5, 0.6) is 0 Å². The molecule has 0 unspecified atom stereocenters. The van der Waals surface area contributed by atoms with Crippen molar-refractivity contribution in [1.29, 1.82) is 0 Å². The maximum atomic E-state index is 4.92. The first-order chi connectivity index (χ1) is 17.2. The van der Waals surface area contributed by atoms with Gasteiger partial charge in [0.2, 0.25) is 0 Å². The first kappa shape index (κ1) is 21.1. The Morgan fingerprint density at radius 2 is 1.89 bits per heavy atom. The van der Waals surface area contributed by atoms with Crippen molar-refractivity contribution in [3.8, 4) is 22.6 Å². The van der Waals surface area contributed by atoms with Crippen molar-refractivity contribution in [2.75, 3.05) is 6.54 Å². The SMILES string of the molecule is Cc1cccc(-c2nc(CNCCc3ccnc4ccccc34)[nH]c2-c2ccc3ncnn3c2)n1. The van der Waals surface area contributed by atoms with Gasteiger partial charge in [0.05, 0.1) is 23.4 Å². The lowest BCUT2D eigenvalue weighted by Crippen LogP contribution is -2.17. The summed E-state index contributed by atoms with van der Waals surface area (Å²) in [7, 11) is 0. The summed E-state index contributed by atoms with van der Waals surface area (Å²) in [5.74, 6) is 0.858. The summed E-state index contributed by atoms with van der Waals surface area (Å²) in [5.41, 5.74) is 7.62. The number of benzene rings is 1. The molecular formula is C27H24N8. The van der Waals surface area contributed by atoms with E-state index < -0.39 is 0 Å². The quantitative estimate of drug-likeness (QED) is 0.344. The van der Waals surface area contributed by atoms with Gasteiger partial charge in [-0.25, -0.2) is 14.5 Å². The highest BCUT2D eigenvalue weighted by Gasteiger charge is 2.16. The molecule has 0 aliphatic heterocycles. The molecule has 0 saturated carbocycles. The third-order valence-corrected chi connectivity index (χ3v) is 6.05. The molecule has 0 aliphatic carbocycles. The highest BCUT2D eigenvalue weighted by atomic mass is 15.3. The van der Waals surface area contributed by atoms with Crippen molar-refractivity contribution in [1.82, 2.24) is 39.9 Å². The van der Waals surface area contributed by atoms with Gasteiger partial charge < -0.3 is 10.3 Å². The molecule has 8 heteroatoms. The van der Waals surface area contributed by atoms with E-state index in [-0.39, 0.29) is 0 Å². The summed E-state index contributed by atoms with van der Waals surface area (Å²) in [6, 6.07) is 20.3. The van der Waals surface area contributed by atoms with Crippen LogP contribution >= 0.6 is 0 Å². The topological polar surface area (TPSA) is 96.7 Å². The van der Waals surface area contributed by atoms with Gasteiger partial charge in [-0.15, -0.1) is 0 Å². The summed E-state index contributed by atoms with van der Waals surface area (Å²) in [6.45, 7) is 3.43. The molecule has 1 aromatic carbocycles. The van der Waals surface area contributed by atoms with Crippen molar-refractivity contribution in [3.63, 3.8) is 0 Å². The van der Waals surface area contributed by atoms with Crippen LogP contribution in [0.2, 0.25) is 0 Å². The van der Waals surface area contributed by atoms with Crippen LogP contribution < -0.4 is 5.32 Å². The fourth-order valence-corrected chi connectivity index (χ4v) is 4.34. The number of nitrogens with one attached hydrogen (secondary N) is 2. The predicted molar refractivity (Wildman–Crippen MR) is 136 cm³/mol. The maximum Gasteiger partial charge on any atom is 0.155 e. The predicted octanol–water partition coefficient (Wildman–Crippen LogP) is 4.37. The van der Waals surface area contributed by atoms with E-state index in [9.17, 15) is 0 Å². The zero-order valence-electron chi connectivity index (χ0n) is 19.3. The number of pyridine rings is 3. The van der Waals surface area contributed by atoms with E-state index >= 15 is 0 Å². The van der Waals surface area contributed by atoms with Crippen LogP contribution in [-0.4, -0.2) is 41.1 Å². The molecule has 6 aromatic rings. The van der Waals surface area contributed by atoms with Crippen LogP contribution in [0.15, 0.2) is 79.4 Å². The zero-order chi connectivity index (χ0) is 23.6. The van der Waals surface area contributed by atoms with E-state index in [0.29, 0.717) is 6.54 Å². The van der Waals surface area contributed by atoms with Gasteiger partial charge >= 0.3 is 0 Å². The molecular weight excluding hydrogens is 436 g/mol. The summed E-state index contributed by atoms with van der Waals surface area (Å²) in [5, 5.41) is 9.01. The largest absolute Gasteiger partial charge is 0.340 e. The average molecular weight is 461 g/mol. The van der Waals surface area contributed by atoms with Gasteiger partial charge in [-0.2, -0.15) is 5.10 Å². The van der Waals surface area contributed by atoms with Crippen LogP contribution in [0.3, 0.4) is 0 Å². The maximum absolute atomic E-state index is 4.92. The highest BCUT2D eigenvalue weighted by molar-refractivity contribution is 5.81. The number of aryl methyl sites for hydroxylation is 1. The highest BCUT2D eigenvalue weighted by Crippen LogP contribution is 2.29. The Bertz CT molecular complexity index is 1630. The van der Waals surface area contributed by atoms with Crippen molar-refractivity contribution >= 4 is 16.6 Å². The van der Waals surface area contributed by atoms with Gasteiger partial charge in [0.15, 0.2) is 5.65 Å². The fourth-order valence-electron chi connectivity index (χ4n) is 4.34. The van der Waals surface area contributed by atoms with Crippen LogP contribution in [0.25, 0.3) is 39.2 Å². The van der Waals surface area contributed by atoms with Crippen LogP contribution in [0, 0.1) is 6.92 Å². The molecule has 0 saturated heterocycles. The van der Waals surface area contributed by atoms with E-state index in [1.165, 1.54) is 10.9 Å². The second-order valence-electron chi connectivity index (χ2n) is 8.47. The molecule has 0 bridgehead atoms. The summed E-state index contributed by atoms with van der Waals surface area (Å²) < 4.78 is 1.76. The first-order valence-electron chi connectivity index (χ1n) is 11.6. The van der Waals surface area contributed by atoms with Crippen molar-refractivity contribution in [2.24, 2.45) is 0 Å². The summed E-state index contributed by atoms with van der Waals surface area (Å²) in [4.78, 5) is 21.9. The summed E-state index contributed by atoms with van der Waals surface area (Å²) in [6.07, 6.45) is 6.30. The summed E-state index contributed by atoms with van der Waals surface area (Å²) >= 11 is 0.